The summed E-state index contributed by atoms with van der Waals surface area (Å²) in [6, 6.07) is -0.630. The number of carbonyl (C=O) groups excluding carboxylic acids is 2. The van der Waals surface area contributed by atoms with E-state index in [-0.39, 0.29) is 18.5 Å². The summed E-state index contributed by atoms with van der Waals surface area (Å²) >= 11 is 0. The van der Waals surface area contributed by atoms with Crippen molar-refractivity contribution in [3.8, 4) is 0 Å². The van der Waals surface area contributed by atoms with Crippen molar-refractivity contribution in [2.24, 2.45) is 0 Å². The number of amides is 1. The van der Waals surface area contributed by atoms with Crippen LogP contribution in [0, 0.1) is 0 Å². The van der Waals surface area contributed by atoms with E-state index in [9.17, 15) is 19.8 Å². The van der Waals surface area contributed by atoms with Crippen LogP contribution in [0.15, 0.2) is 60.8 Å². The summed E-state index contributed by atoms with van der Waals surface area (Å²) in [5.74, 6) is -0.0661. The Morgan fingerprint density at radius 2 is 0.614 bits per heavy atom. The molecule has 0 aromatic rings. The molecular formula is C77H143NO5. The highest BCUT2D eigenvalue weighted by atomic mass is 16.5. The molecule has 0 aliphatic carbocycles. The van der Waals surface area contributed by atoms with Gasteiger partial charge in [0.25, 0.3) is 0 Å². The van der Waals surface area contributed by atoms with Crippen molar-refractivity contribution in [2.45, 2.75) is 405 Å². The van der Waals surface area contributed by atoms with Crippen molar-refractivity contribution in [2.75, 3.05) is 13.2 Å². The molecule has 0 radical (unpaired) electrons. The van der Waals surface area contributed by atoms with Crippen LogP contribution in [0.25, 0.3) is 0 Å². The van der Waals surface area contributed by atoms with E-state index in [4.69, 9.17) is 4.74 Å². The zero-order valence-corrected chi connectivity index (χ0v) is 55.7. The molecule has 0 saturated heterocycles. The molecule has 2 atom stereocenters. The smallest absolute Gasteiger partial charge is 0.305 e. The minimum atomic E-state index is -0.846. The normalized spacial score (nSPS) is 12.9. The number of carbonyl (C=O) groups is 2. The van der Waals surface area contributed by atoms with Gasteiger partial charge in [-0.05, 0) is 89.9 Å². The maximum Gasteiger partial charge on any atom is 0.305 e. The quantitative estimate of drug-likeness (QED) is 0.0320. The zero-order valence-electron chi connectivity index (χ0n) is 55.7. The SMILES string of the molecule is CCCC/C=C\C/C=C\CCCCCCCC(=O)OCCCCCCCCCCC/C=C\C/C=C\CCCCCCCCCCCCCCCCCC(=O)NC(CO)C(O)/C=C/CCCCCCCCCCCCCCCCCCCCC. The highest BCUT2D eigenvalue weighted by Gasteiger charge is 2.18. The van der Waals surface area contributed by atoms with Gasteiger partial charge in [-0.2, -0.15) is 0 Å². The van der Waals surface area contributed by atoms with Gasteiger partial charge >= 0.3 is 5.97 Å². The van der Waals surface area contributed by atoms with Crippen LogP contribution >= 0.6 is 0 Å². The number of aliphatic hydroxyl groups is 2. The van der Waals surface area contributed by atoms with Gasteiger partial charge < -0.3 is 20.3 Å². The number of rotatable bonds is 69. The van der Waals surface area contributed by atoms with Gasteiger partial charge in [0.05, 0.1) is 25.4 Å². The van der Waals surface area contributed by atoms with E-state index in [0.29, 0.717) is 19.4 Å². The fourth-order valence-corrected chi connectivity index (χ4v) is 11.3. The minimum absolute atomic E-state index is 0.00183. The molecule has 486 valence electrons. The first-order valence-electron chi connectivity index (χ1n) is 37.1. The van der Waals surface area contributed by atoms with Crippen LogP contribution in [0.2, 0.25) is 0 Å². The fourth-order valence-electron chi connectivity index (χ4n) is 11.3. The molecule has 6 heteroatoms. The Labute approximate surface area is 518 Å². The molecule has 0 heterocycles. The molecule has 0 aromatic heterocycles. The molecule has 0 aliphatic heterocycles. The number of hydrogen-bond donors (Lipinski definition) is 3. The van der Waals surface area contributed by atoms with Crippen LogP contribution in [-0.2, 0) is 14.3 Å². The third-order valence-electron chi connectivity index (χ3n) is 17.0. The lowest BCUT2D eigenvalue weighted by Crippen LogP contribution is -2.45. The van der Waals surface area contributed by atoms with Gasteiger partial charge in [-0.3, -0.25) is 9.59 Å². The third kappa shape index (κ3) is 68.5. The largest absolute Gasteiger partial charge is 0.466 e. The van der Waals surface area contributed by atoms with E-state index in [1.54, 1.807) is 6.08 Å². The monoisotopic (exact) mass is 1160 g/mol. The van der Waals surface area contributed by atoms with E-state index in [1.165, 1.54) is 308 Å². The first-order valence-corrected chi connectivity index (χ1v) is 37.1. The molecule has 3 N–H and O–H groups in total. The molecule has 83 heavy (non-hydrogen) atoms. The van der Waals surface area contributed by atoms with Gasteiger partial charge in [0.2, 0.25) is 5.91 Å². The number of nitrogens with one attached hydrogen (secondary N) is 1. The summed E-state index contributed by atoms with van der Waals surface area (Å²) in [5, 5.41) is 23.3. The van der Waals surface area contributed by atoms with Crippen LogP contribution in [0.4, 0.5) is 0 Å². The first kappa shape index (κ1) is 80.6. The molecule has 0 aromatic carbocycles. The second kappa shape index (κ2) is 72.0. The van der Waals surface area contributed by atoms with Crippen molar-refractivity contribution >= 4 is 11.9 Å². The number of esters is 1. The lowest BCUT2D eigenvalue weighted by Gasteiger charge is -2.20. The highest BCUT2D eigenvalue weighted by molar-refractivity contribution is 5.76. The van der Waals surface area contributed by atoms with Crippen LogP contribution in [-0.4, -0.2) is 47.4 Å². The molecule has 0 fully saturated rings. The molecule has 0 spiro atoms. The minimum Gasteiger partial charge on any atom is -0.466 e. The molecule has 0 saturated carbocycles. The van der Waals surface area contributed by atoms with Crippen molar-refractivity contribution in [3.05, 3.63) is 60.8 Å². The Hall–Kier alpha value is -2.44. The van der Waals surface area contributed by atoms with E-state index in [1.807, 2.05) is 6.08 Å². The Morgan fingerprint density at radius 1 is 0.337 bits per heavy atom. The molecule has 2 unspecified atom stereocenters. The topological polar surface area (TPSA) is 95.9 Å². The second-order valence-electron chi connectivity index (χ2n) is 25.3. The van der Waals surface area contributed by atoms with Gasteiger partial charge in [0, 0.05) is 12.8 Å². The third-order valence-corrected chi connectivity index (χ3v) is 17.0. The predicted octanol–water partition coefficient (Wildman–Crippen LogP) is 24.2. The number of aliphatic hydroxyl groups excluding tert-OH is 2. The van der Waals surface area contributed by atoms with Crippen molar-refractivity contribution in [1.82, 2.24) is 5.32 Å². The highest BCUT2D eigenvalue weighted by Crippen LogP contribution is 2.18. The van der Waals surface area contributed by atoms with Crippen molar-refractivity contribution in [3.63, 3.8) is 0 Å². The van der Waals surface area contributed by atoms with Crippen LogP contribution in [0.3, 0.4) is 0 Å². The van der Waals surface area contributed by atoms with Gasteiger partial charge in [0.1, 0.15) is 0 Å². The van der Waals surface area contributed by atoms with E-state index >= 15 is 0 Å². The zero-order chi connectivity index (χ0) is 59.9. The predicted molar refractivity (Wildman–Crippen MR) is 365 cm³/mol. The number of unbranched alkanes of at least 4 members (excludes halogenated alkanes) is 50. The Morgan fingerprint density at radius 3 is 0.952 bits per heavy atom. The number of allylic oxidation sites excluding steroid dienone is 9. The molecule has 0 bridgehead atoms. The van der Waals surface area contributed by atoms with Crippen molar-refractivity contribution < 1.29 is 24.5 Å². The van der Waals surface area contributed by atoms with Gasteiger partial charge in [-0.1, -0.05) is 351 Å². The molecule has 1 amide bonds. The number of ether oxygens (including phenoxy) is 1. The van der Waals surface area contributed by atoms with Crippen LogP contribution in [0.5, 0.6) is 0 Å². The van der Waals surface area contributed by atoms with E-state index in [0.717, 1.165) is 57.8 Å². The number of hydrogen-bond acceptors (Lipinski definition) is 5. The lowest BCUT2D eigenvalue weighted by molar-refractivity contribution is -0.143. The van der Waals surface area contributed by atoms with Gasteiger partial charge in [-0.25, -0.2) is 0 Å². The maximum absolute atomic E-state index is 12.5. The van der Waals surface area contributed by atoms with Crippen LogP contribution in [0.1, 0.15) is 393 Å². The van der Waals surface area contributed by atoms with Crippen molar-refractivity contribution in [1.29, 1.82) is 0 Å². The summed E-state index contributed by atoms with van der Waals surface area (Å²) in [6.07, 6.45) is 96.0. The summed E-state index contributed by atoms with van der Waals surface area (Å²) in [7, 11) is 0. The maximum atomic E-state index is 12.5. The van der Waals surface area contributed by atoms with Crippen LogP contribution < -0.4 is 5.32 Å². The Bertz CT molecular complexity index is 1430. The Kier molecular flexibility index (Phi) is 69.9. The summed E-state index contributed by atoms with van der Waals surface area (Å²) in [6.45, 7) is 4.88. The molecule has 0 aliphatic rings. The Balaban J connectivity index is 3.43. The molecule has 6 nitrogen and oxygen atoms in total. The lowest BCUT2D eigenvalue weighted by atomic mass is 10.0. The summed E-state index contributed by atoms with van der Waals surface area (Å²) in [5.41, 5.74) is 0. The first-order chi connectivity index (χ1) is 41.0. The molecular weight excluding hydrogens is 1020 g/mol. The fraction of sp³-hybridized carbons (Fsp3) is 0.844. The summed E-state index contributed by atoms with van der Waals surface area (Å²) in [4.78, 5) is 24.6. The summed E-state index contributed by atoms with van der Waals surface area (Å²) < 4.78 is 5.48. The second-order valence-corrected chi connectivity index (χ2v) is 25.3. The van der Waals surface area contributed by atoms with Gasteiger partial charge in [-0.15, -0.1) is 0 Å². The van der Waals surface area contributed by atoms with Gasteiger partial charge in [0.15, 0.2) is 0 Å². The average Bonchev–Trinajstić information content (AvgIpc) is 3.49. The van der Waals surface area contributed by atoms with E-state index < -0.39 is 12.1 Å². The van der Waals surface area contributed by atoms with E-state index in [2.05, 4.69) is 67.8 Å². The average molecular weight is 1160 g/mol. The standard InChI is InChI=1S/C77H143NO5/c1-3-5-7-9-11-13-15-17-19-20-21-33-36-39-42-45-49-53-57-61-65-69-75(80)74(73-79)78-76(81)70-66-62-58-54-50-46-43-40-37-34-31-29-27-25-23-22-24-26-28-30-32-35-38-41-44-48-52-56-60-64-68-72-83-77(82)71-67-63-59-55-51-47-18-16-14-12-10-8-6-4-2/h10,12,16,18,24,26,30,32,65,69,74-75,79-80H,3-9,11,13-15,17,19-23,25,27-29,31,33-64,66-68,70-73H2,1-2H3,(H,78,81)/b12-10-,18-16-,26-24-,32-30-,69-65+. The molecule has 0 rings (SSSR count).